The highest BCUT2D eigenvalue weighted by Crippen LogP contribution is 2.30. The second-order valence-electron chi connectivity index (χ2n) is 6.16. The van der Waals surface area contributed by atoms with Gasteiger partial charge in [0, 0.05) is 23.1 Å². The number of hydrogen-bond donors (Lipinski definition) is 1. The third kappa shape index (κ3) is 3.99. The summed E-state index contributed by atoms with van der Waals surface area (Å²) in [5.41, 5.74) is 5.29. The predicted molar refractivity (Wildman–Crippen MR) is 108 cm³/mol. The molecule has 27 heavy (non-hydrogen) atoms. The lowest BCUT2D eigenvalue weighted by molar-refractivity contribution is -0.384. The summed E-state index contributed by atoms with van der Waals surface area (Å²) < 4.78 is 0. The van der Waals surface area contributed by atoms with E-state index in [-0.39, 0.29) is 16.3 Å². The van der Waals surface area contributed by atoms with Crippen LogP contribution in [0.3, 0.4) is 0 Å². The van der Waals surface area contributed by atoms with Crippen LogP contribution in [0.1, 0.15) is 27.0 Å². The van der Waals surface area contributed by atoms with Gasteiger partial charge in [0.1, 0.15) is 0 Å². The number of halogens is 1. The van der Waals surface area contributed by atoms with Crippen molar-refractivity contribution in [2.75, 3.05) is 5.32 Å². The van der Waals surface area contributed by atoms with Gasteiger partial charge in [0.05, 0.1) is 21.2 Å². The first-order valence-corrected chi connectivity index (χ1v) is 9.31. The molecule has 0 saturated carbocycles. The highest BCUT2D eigenvalue weighted by atomic mass is 35.5. The average molecular weight is 402 g/mol. The highest BCUT2D eigenvalue weighted by Gasteiger charge is 2.17. The van der Waals surface area contributed by atoms with Crippen molar-refractivity contribution in [1.82, 2.24) is 4.98 Å². The van der Waals surface area contributed by atoms with Gasteiger partial charge in [-0.2, -0.15) is 0 Å². The van der Waals surface area contributed by atoms with Crippen LogP contribution in [0.15, 0.2) is 35.7 Å². The number of carbonyl (C=O) groups is 1. The Labute approximate surface area is 165 Å². The first-order valence-electron chi connectivity index (χ1n) is 8.05. The van der Waals surface area contributed by atoms with Crippen molar-refractivity contribution in [3.8, 4) is 11.3 Å². The minimum Gasteiger partial charge on any atom is -0.298 e. The summed E-state index contributed by atoms with van der Waals surface area (Å²) in [7, 11) is 0. The normalized spacial score (nSPS) is 10.7. The van der Waals surface area contributed by atoms with Gasteiger partial charge in [-0.15, -0.1) is 11.3 Å². The van der Waals surface area contributed by atoms with E-state index in [1.807, 2.05) is 19.2 Å². The Bertz CT molecular complexity index is 1060. The van der Waals surface area contributed by atoms with Crippen molar-refractivity contribution in [3.05, 3.63) is 73.1 Å². The standard InChI is InChI=1S/C19H16ClN3O3S/c1-10-6-12(3)15(7-11(10)2)17-9-27-19(21-17)22-18(24)14-5-4-13(23(25)26)8-16(14)20/h4-9H,1-3H3,(H,21,22,24). The molecule has 1 heterocycles. The summed E-state index contributed by atoms with van der Waals surface area (Å²) in [4.78, 5) is 27.1. The van der Waals surface area contributed by atoms with Crippen molar-refractivity contribution in [1.29, 1.82) is 0 Å². The Morgan fingerprint density at radius 3 is 2.52 bits per heavy atom. The van der Waals surface area contributed by atoms with Crippen LogP contribution in [0.4, 0.5) is 10.8 Å². The van der Waals surface area contributed by atoms with Crippen molar-refractivity contribution in [3.63, 3.8) is 0 Å². The Hall–Kier alpha value is -2.77. The van der Waals surface area contributed by atoms with E-state index in [2.05, 4.69) is 29.4 Å². The van der Waals surface area contributed by atoms with Crippen molar-refractivity contribution < 1.29 is 9.72 Å². The highest BCUT2D eigenvalue weighted by molar-refractivity contribution is 7.14. The molecule has 8 heteroatoms. The number of nitro groups is 1. The summed E-state index contributed by atoms with van der Waals surface area (Å²) in [5, 5.41) is 15.8. The molecule has 0 fully saturated rings. The van der Waals surface area contributed by atoms with Crippen molar-refractivity contribution in [2.24, 2.45) is 0 Å². The van der Waals surface area contributed by atoms with E-state index in [0.717, 1.165) is 22.9 Å². The maximum atomic E-state index is 12.4. The van der Waals surface area contributed by atoms with Gasteiger partial charge in [0.15, 0.2) is 5.13 Å². The van der Waals surface area contributed by atoms with Crippen molar-refractivity contribution >= 4 is 39.7 Å². The SMILES string of the molecule is Cc1cc(C)c(-c2csc(NC(=O)c3ccc([N+](=O)[O-])cc3Cl)n2)cc1C. The van der Waals surface area contributed by atoms with E-state index < -0.39 is 10.8 Å². The van der Waals surface area contributed by atoms with Gasteiger partial charge < -0.3 is 0 Å². The van der Waals surface area contributed by atoms with Crippen LogP contribution in [0.2, 0.25) is 5.02 Å². The van der Waals surface area contributed by atoms with Crippen LogP contribution in [0.5, 0.6) is 0 Å². The molecule has 0 aliphatic carbocycles. The molecule has 0 aliphatic rings. The van der Waals surface area contributed by atoms with Crippen LogP contribution in [-0.2, 0) is 0 Å². The topological polar surface area (TPSA) is 85.1 Å². The quantitative estimate of drug-likeness (QED) is 0.458. The molecule has 0 atom stereocenters. The third-order valence-electron chi connectivity index (χ3n) is 4.25. The molecule has 0 spiro atoms. The summed E-state index contributed by atoms with van der Waals surface area (Å²) in [6.45, 7) is 6.13. The molecule has 1 aromatic heterocycles. The number of nitrogens with one attached hydrogen (secondary N) is 1. The van der Waals surface area contributed by atoms with E-state index in [1.165, 1.54) is 34.6 Å². The third-order valence-corrected chi connectivity index (χ3v) is 5.32. The number of benzene rings is 2. The second kappa shape index (κ2) is 7.46. The number of nitro benzene ring substituents is 1. The van der Waals surface area contributed by atoms with Gasteiger partial charge in [-0.1, -0.05) is 17.7 Å². The van der Waals surface area contributed by atoms with E-state index in [0.29, 0.717) is 5.13 Å². The number of hydrogen-bond acceptors (Lipinski definition) is 5. The molecule has 6 nitrogen and oxygen atoms in total. The maximum Gasteiger partial charge on any atom is 0.270 e. The first-order chi connectivity index (χ1) is 12.8. The Kier molecular flexibility index (Phi) is 5.25. The fourth-order valence-electron chi connectivity index (χ4n) is 2.66. The zero-order chi connectivity index (χ0) is 19.7. The molecule has 1 N–H and O–H groups in total. The zero-order valence-corrected chi connectivity index (χ0v) is 16.4. The van der Waals surface area contributed by atoms with Gasteiger partial charge in [-0.05, 0) is 49.6 Å². The van der Waals surface area contributed by atoms with Gasteiger partial charge in [0.2, 0.25) is 0 Å². The zero-order valence-electron chi connectivity index (χ0n) is 14.9. The molecule has 0 bridgehead atoms. The maximum absolute atomic E-state index is 12.4. The van der Waals surface area contributed by atoms with Crippen LogP contribution in [-0.4, -0.2) is 15.8 Å². The molecule has 2 aromatic carbocycles. The van der Waals surface area contributed by atoms with Gasteiger partial charge in [-0.25, -0.2) is 4.98 Å². The van der Waals surface area contributed by atoms with Gasteiger partial charge in [-0.3, -0.25) is 20.2 Å². The Morgan fingerprint density at radius 2 is 1.85 bits per heavy atom. The smallest absolute Gasteiger partial charge is 0.270 e. The number of anilines is 1. The fourth-order valence-corrected chi connectivity index (χ4v) is 3.62. The minimum absolute atomic E-state index is 0.0171. The van der Waals surface area contributed by atoms with Crippen LogP contribution in [0, 0.1) is 30.9 Å². The van der Waals surface area contributed by atoms with E-state index in [1.54, 1.807) is 0 Å². The molecule has 138 valence electrons. The summed E-state index contributed by atoms with van der Waals surface area (Å²) in [5.74, 6) is -0.465. The number of amides is 1. The first kappa shape index (κ1) is 19.0. The molecule has 0 radical (unpaired) electrons. The average Bonchev–Trinajstić information content (AvgIpc) is 3.05. The number of rotatable bonds is 4. The molecule has 3 rings (SSSR count). The molecule has 3 aromatic rings. The lowest BCUT2D eigenvalue weighted by Gasteiger charge is -2.07. The molecular weight excluding hydrogens is 386 g/mol. The Morgan fingerprint density at radius 1 is 1.15 bits per heavy atom. The second-order valence-corrected chi connectivity index (χ2v) is 7.43. The van der Waals surface area contributed by atoms with E-state index >= 15 is 0 Å². The van der Waals surface area contributed by atoms with E-state index in [9.17, 15) is 14.9 Å². The van der Waals surface area contributed by atoms with Crippen LogP contribution >= 0.6 is 22.9 Å². The molecule has 0 unspecified atom stereocenters. The van der Waals surface area contributed by atoms with Crippen LogP contribution in [0.25, 0.3) is 11.3 Å². The molecular formula is C19H16ClN3O3S. The number of aromatic nitrogens is 1. The minimum atomic E-state index is -0.563. The van der Waals surface area contributed by atoms with Crippen LogP contribution < -0.4 is 5.32 Å². The predicted octanol–water partition coefficient (Wildman–Crippen LogP) is 5.55. The van der Waals surface area contributed by atoms with Crippen molar-refractivity contribution in [2.45, 2.75) is 20.8 Å². The number of nitrogens with zero attached hydrogens (tertiary/aromatic N) is 2. The number of carbonyl (C=O) groups excluding carboxylic acids is 1. The molecule has 0 aliphatic heterocycles. The number of aryl methyl sites for hydroxylation is 3. The largest absolute Gasteiger partial charge is 0.298 e. The lowest BCUT2D eigenvalue weighted by atomic mass is 9.99. The summed E-state index contributed by atoms with van der Waals surface area (Å²) in [6.07, 6.45) is 0. The van der Waals surface area contributed by atoms with Gasteiger partial charge in [0.25, 0.3) is 11.6 Å². The lowest BCUT2D eigenvalue weighted by Crippen LogP contribution is -2.12. The van der Waals surface area contributed by atoms with E-state index in [4.69, 9.17) is 11.6 Å². The summed E-state index contributed by atoms with van der Waals surface area (Å²) >= 11 is 7.31. The number of non-ortho nitro benzene ring substituents is 1. The fraction of sp³-hybridized carbons (Fsp3) is 0.158. The summed E-state index contributed by atoms with van der Waals surface area (Å²) in [6, 6.07) is 7.92. The Balaban J connectivity index is 1.83. The molecule has 1 amide bonds. The van der Waals surface area contributed by atoms with Gasteiger partial charge >= 0.3 is 0 Å². The molecule has 0 saturated heterocycles. The monoisotopic (exact) mass is 401 g/mol. The number of thiazole rings is 1.